The van der Waals surface area contributed by atoms with Crippen molar-refractivity contribution in [1.29, 1.82) is 0 Å². The molecule has 144 valence electrons. The van der Waals surface area contributed by atoms with E-state index in [1.165, 1.54) is 18.5 Å². The number of methoxy groups -OCH3 is 2. The summed E-state index contributed by atoms with van der Waals surface area (Å²) in [6.45, 7) is 0.735. The third-order valence-electron chi connectivity index (χ3n) is 4.35. The lowest BCUT2D eigenvalue weighted by atomic mass is 9.97. The summed E-state index contributed by atoms with van der Waals surface area (Å²) in [5.41, 5.74) is 0.669. The van der Waals surface area contributed by atoms with Crippen LogP contribution in [-0.4, -0.2) is 64.3 Å². The van der Waals surface area contributed by atoms with Gasteiger partial charge in [-0.2, -0.15) is 0 Å². The molecule has 1 aromatic rings. The van der Waals surface area contributed by atoms with Crippen LogP contribution >= 0.6 is 0 Å². The van der Waals surface area contributed by atoms with Gasteiger partial charge in [-0.15, -0.1) is 0 Å². The standard InChI is InChI=1S/C17H24N2O6S/c1-24-11-12-26(22,23)19-9-7-13(8-10-19)16(20)18-15-6-4-3-5-14(15)17(21)25-2/h3-6,13H,7-12H2,1-2H3,(H,18,20). The summed E-state index contributed by atoms with van der Waals surface area (Å²) in [4.78, 5) is 24.3. The van der Waals surface area contributed by atoms with Crippen molar-refractivity contribution in [2.75, 3.05) is 45.0 Å². The predicted octanol–water partition coefficient (Wildman–Crippen LogP) is 1.10. The van der Waals surface area contributed by atoms with Crippen molar-refractivity contribution in [2.45, 2.75) is 12.8 Å². The second-order valence-electron chi connectivity index (χ2n) is 6.01. The van der Waals surface area contributed by atoms with Crippen LogP contribution in [0, 0.1) is 5.92 Å². The normalized spacial score (nSPS) is 16.2. The third kappa shape index (κ3) is 5.03. The van der Waals surface area contributed by atoms with Crippen molar-refractivity contribution < 1.29 is 27.5 Å². The van der Waals surface area contributed by atoms with Gasteiger partial charge in [-0.05, 0) is 25.0 Å². The average molecular weight is 384 g/mol. The first-order valence-corrected chi connectivity index (χ1v) is 9.95. The number of benzene rings is 1. The summed E-state index contributed by atoms with van der Waals surface area (Å²) in [5, 5.41) is 2.76. The summed E-state index contributed by atoms with van der Waals surface area (Å²) in [6, 6.07) is 6.61. The van der Waals surface area contributed by atoms with Gasteiger partial charge >= 0.3 is 5.97 Å². The van der Waals surface area contributed by atoms with Crippen molar-refractivity contribution in [3.8, 4) is 0 Å². The lowest BCUT2D eigenvalue weighted by molar-refractivity contribution is -0.120. The van der Waals surface area contributed by atoms with Crippen molar-refractivity contribution in [2.24, 2.45) is 5.92 Å². The van der Waals surface area contributed by atoms with Gasteiger partial charge in [-0.3, -0.25) is 4.79 Å². The van der Waals surface area contributed by atoms with E-state index in [1.807, 2.05) is 0 Å². The Morgan fingerprint density at radius 1 is 1.19 bits per heavy atom. The zero-order valence-electron chi connectivity index (χ0n) is 14.9. The average Bonchev–Trinajstić information content (AvgIpc) is 2.66. The monoisotopic (exact) mass is 384 g/mol. The summed E-state index contributed by atoms with van der Waals surface area (Å²) >= 11 is 0. The molecule has 1 aromatic carbocycles. The van der Waals surface area contributed by atoms with Gasteiger partial charge in [0.15, 0.2) is 0 Å². The van der Waals surface area contributed by atoms with E-state index in [4.69, 9.17) is 9.47 Å². The molecule has 26 heavy (non-hydrogen) atoms. The zero-order chi connectivity index (χ0) is 19.2. The number of piperidine rings is 1. The van der Waals surface area contributed by atoms with E-state index in [9.17, 15) is 18.0 Å². The Balaban J connectivity index is 1.96. The van der Waals surface area contributed by atoms with Crippen LogP contribution in [0.1, 0.15) is 23.2 Å². The van der Waals surface area contributed by atoms with Crippen molar-refractivity contribution in [3.05, 3.63) is 29.8 Å². The quantitative estimate of drug-likeness (QED) is 0.707. The molecule has 0 atom stereocenters. The fourth-order valence-corrected chi connectivity index (χ4v) is 4.23. The second kappa shape index (κ2) is 9.11. The molecule has 2 rings (SSSR count). The largest absolute Gasteiger partial charge is 0.465 e. The minimum Gasteiger partial charge on any atom is -0.465 e. The molecule has 0 aromatic heterocycles. The highest BCUT2D eigenvalue weighted by molar-refractivity contribution is 7.89. The molecule has 0 unspecified atom stereocenters. The highest BCUT2D eigenvalue weighted by Gasteiger charge is 2.31. The number of hydrogen-bond acceptors (Lipinski definition) is 6. The van der Waals surface area contributed by atoms with Crippen molar-refractivity contribution in [1.82, 2.24) is 4.31 Å². The molecule has 0 aliphatic carbocycles. The molecule has 0 bridgehead atoms. The summed E-state index contributed by atoms with van der Waals surface area (Å²) in [5.74, 6) is -1.13. The number of hydrogen-bond donors (Lipinski definition) is 1. The highest BCUT2D eigenvalue weighted by atomic mass is 32.2. The maximum Gasteiger partial charge on any atom is 0.339 e. The van der Waals surface area contributed by atoms with E-state index >= 15 is 0 Å². The molecule has 1 heterocycles. The smallest absolute Gasteiger partial charge is 0.339 e. The van der Waals surface area contributed by atoms with E-state index in [0.29, 0.717) is 31.6 Å². The molecule has 0 radical (unpaired) electrons. The zero-order valence-corrected chi connectivity index (χ0v) is 15.8. The lowest BCUT2D eigenvalue weighted by Gasteiger charge is -2.30. The maximum absolute atomic E-state index is 12.5. The minimum absolute atomic E-state index is 0.0626. The number of rotatable bonds is 7. The fraction of sp³-hybridized carbons (Fsp3) is 0.529. The van der Waals surface area contributed by atoms with Crippen LogP contribution in [0.3, 0.4) is 0 Å². The summed E-state index contributed by atoms with van der Waals surface area (Å²) in [6.07, 6.45) is 0.858. The van der Waals surface area contributed by atoms with Gasteiger partial charge < -0.3 is 14.8 Å². The first kappa shape index (κ1) is 20.3. The molecular formula is C17H24N2O6S. The number of ether oxygens (including phenoxy) is 2. The molecule has 0 spiro atoms. The van der Waals surface area contributed by atoms with Crippen LogP contribution in [0.25, 0.3) is 0 Å². The van der Waals surface area contributed by atoms with E-state index in [1.54, 1.807) is 24.3 Å². The van der Waals surface area contributed by atoms with Crippen LogP contribution < -0.4 is 5.32 Å². The topological polar surface area (TPSA) is 102 Å². The van der Waals surface area contributed by atoms with Gasteiger partial charge in [0.1, 0.15) is 0 Å². The van der Waals surface area contributed by atoms with Crippen LogP contribution in [-0.2, 0) is 24.3 Å². The van der Waals surface area contributed by atoms with E-state index in [2.05, 4.69) is 5.32 Å². The summed E-state index contributed by atoms with van der Waals surface area (Å²) < 4.78 is 35.3. The molecule has 9 heteroatoms. The van der Waals surface area contributed by atoms with Gasteiger partial charge in [0.25, 0.3) is 0 Å². The molecule has 1 aliphatic rings. The molecule has 0 saturated carbocycles. The Bertz CT molecular complexity index is 741. The molecule has 1 aliphatic heterocycles. The number of anilines is 1. The Morgan fingerprint density at radius 3 is 2.46 bits per heavy atom. The first-order chi connectivity index (χ1) is 12.4. The number of sulfonamides is 1. The number of nitrogens with zero attached hydrogens (tertiary/aromatic N) is 1. The molecule has 1 fully saturated rings. The van der Waals surface area contributed by atoms with E-state index in [0.717, 1.165) is 0 Å². The lowest BCUT2D eigenvalue weighted by Crippen LogP contribution is -2.42. The van der Waals surface area contributed by atoms with Crippen LogP contribution in [0.5, 0.6) is 0 Å². The first-order valence-electron chi connectivity index (χ1n) is 8.34. The SMILES string of the molecule is COCCS(=O)(=O)N1CCC(C(=O)Nc2ccccc2C(=O)OC)CC1. The van der Waals surface area contributed by atoms with Gasteiger partial charge in [0.05, 0.1) is 30.7 Å². The molecule has 1 saturated heterocycles. The van der Waals surface area contributed by atoms with Gasteiger partial charge in [0, 0.05) is 26.1 Å². The Kier molecular flexibility index (Phi) is 7.13. The molecular weight excluding hydrogens is 360 g/mol. The Labute approximate surface area is 153 Å². The number of para-hydroxylation sites is 1. The van der Waals surface area contributed by atoms with Crippen LogP contribution in [0.4, 0.5) is 5.69 Å². The predicted molar refractivity (Wildman–Crippen MR) is 96.4 cm³/mol. The Morgan fingerprint density at radius 2 is 1.85 bits per heavy atom. The fourth-order valence-electron chi connectivity index (χ4n) is 2.83. The van der Waals surface area contributed by atoms with Gasteiger partial charge in [0.2, 0.25) is 15.9 Å². The minimum atomic E-state index is -3.36. The molecule has 1 amide bonds. The van der Waals surface area contributed by atoms with E-state index in [-0.39, 0.29) is 29.7 Å². The van der Waals surface area contributed by atoms with Crippen LogP contribution in [0.2, 0.25) is 0 Å². The van der Waals surface area contributed by atoms with Crippen LogP contribution in [0.15, 0.2) is 24.3 Å². The number of amides is 1. The second-order valence-corrected chi connectivity index (χ2v) is 8.10. The van der Waals surface area contributed by atoms with Crippen molar-refractivity contribution in [3.63, 3.8) is 0 Å². The maximum atomic E-state index is 12.5. The summed E-state index contributed by atoms with van der Waals surface area (Å²) in [7, 11) is -0.624. The number of nitrogens with one attached hydrogen (secondary N) is 1. The third-order valence-corrected chi connectivity index (χ3v) is 6.19. The number of carbonyl (C=O) groups is 2. The molecule has 1 N–H and O–H groups in total. The van der Waals surface area contributed by atoms with Gasteiger partial charge in [-0.1, -0.05) is 12.1 Å². The van der Waals surface area contributed by atoms with E-state index < -0.39 is 16.0 Å². The number of esters is 1. The van der Waals surface area contributed by atoms with Crippen molar-refractivity contribution >= 4 is 27.6 Å². The molecule has 8 nitrogen and oxygen atoms in total. The van der Waals surface area contributed by atoms with Gasteiger partial charge in [-0.25, -0.2) is 17.5 Å². The highest BCUT2D eigenvalue weighted by Crippen LogP contribution is 2.23. The number of carbonyl (C=O) groups excluding carboxylic acids is 2. The Hall–Kier alpha value is -1.97.